The molecule has 0 spiro atoms. The first kappa shape index (κ1) is 49.5. The number of halogens is 1. The fourth-order valence-corrected chi connectivity index (χ4v) is 6.60. The molecule has 0 fully saturated rings. The lowest BCUT2D eigenvalue weighted by Crippen LogP contribution is -2.20. The molecule has 1 aliphatic heterocycles. The number of nitrogens with zero attached hydrogens (tertiary/aromatic N) is 3. The molecule has 0 saturated carbocycles. The number of carbonyl (C=O) groups is 3. The number of aromatic nitrogens is 3. The number of amides is 6. The zero-order valence-corrected chi connectivity index (χ0v) is 40.6. The quantitative estimate of drug-likeness (QED) is 0.0861. The molecule has 18 heteroatoms. The van der Waals surface area contributed by atoms with Crippen molar-refractivity contribution in [2.45, 2.75) is 85.5 Å². The van der Waals surface area contributed by atoms with Gasteiger partial charge in [-0.05, 0) is 82.6 Å². The average Bonchev–Trinajstić information content (AvgIpc) is 4.12. The number of ether oxygens (including phenoxy) is 2. The van der Waals surface area contributed by atoms with E-state index in [1.165, 1.54) is 22.9 Å². The Hall–Kier alpha value is -8.41. The van der Waals surface area contributed by atoms with Crippen LogP contribution in [0.1, 0.15) is 85.2 Å². The third-order valence-corrected chi connectivity index (χ3v) is 10.4. The number of benzene rings is 5. The molecule has 17 nitrogen and oxygen atoms in total. The Labute approximate surface area is 403 Å². The Morgan fingerprint density at radius 3 is 1.40 bits per heavy atom. The van der Waals surface area contributed by atoms with Crippen molar-refractivity contribution < 1.29 is 41.8 Å². The molecule has 364 valence electrons. The van der Waals surface area contributed by atoms with Gasteiger partial charge in [0.1, 0.15) is 23.1 Å². The summed E-state index contributed by atoms with van der Waals surface area (Å²) in [5.41, 5.74) is 1.68. The lowest BCUT2D eigenvalue weighted by Gasteiger charge is -2.12. The molecule has 5 aromatic carbocycles. The summed E-state index contributed by atoms with van der Waals surface area (Å²) in [5.74, 6) is 3.89. The van der Waals surface area contributed by atoms with Gasteiger partial charge in [-0.2, -0.15) is 0 Å². The fourth-order valence-electron chi connectivity index (χ4n) is 6.60. The smallest absolute Gasteiger partial charge is 0.325 e. The molecule has 6 amide bonds. The van der Waals surface area contributed by atoms with Gasteiger partial charge in [0.15, 0.2) is 29.0 Å². The summed E-state index contributed by atoms with van der Waals surface area (Å²) in [5, 5.41) is 31.9. The van der Waals surface area contributed by atoms with Crippen LogP contribution in [0, 0.1) is 12.7 Å². The third kappa shape index (κ3) is 13.2. The van der Waals surface area contributed by atoms with Gasteiger partial charge in [-0.25, -0.2) is 18.8 Å². The van der Waals surface area contributed by atoms with Gasteiger partial charge in [0.25, 0.3) is 0 Å². The largest absolute Gasteiger partial charge is 0.454 e. The topological polar surface area (TPSA) is 220 Å². The summed E-state index contributed by atoms with van der Waals surface area (Å²) in [6.07, 6.45) is 0. The zero-order valence-electron chi connectivity index (χ0n) is 40.6. The summed E-state index contributed by atoms with van der Waals surface area (Å²) in [4.78, 5) is 36.1. The normalized spacial score (nSPS) is 12.0. The highest BCUT2D eigenvalue weighted by Gasteiger charge is 2.23. The molecule has 8 aromatic rings. The standard InChI is InChI=1S/C22H21N3O2.C15H18FN3O2.C15H17N3O4/c1-22(2,3)19-13-20(25-27-19)24-21(26)23-18-9-8-16-10-14-6-4-5-7-15(14)11-17(16)12-18;1-9-5-6-11(10(16)7-9)17-14(20)18-13-8-12(21-19-13)15(2,3)4;1-15(2,3)12-7-13(18-22-12)17-14(19)16-9-4-5-10-11(6-9)21-8-20-10/h4-13H,1-3H3,(H2,23,24,25,26);5-8H,1-4H3,(H2,17,18,19,20);4-7H,8H2,1-3H3,(H2,16,17,18,19). The molecule has 70 heavy (non-hydrogen) atoms. The van der Waals surface area contributed by atoms with Crippen LogP contribution in [0.25, 0.3) is 21.5 Å². The molecule has 6 N–H and O–H groups in total. The van der Waals surface area contributed by atoms with E-state index in [2.05, 4.69) is 71.6 Å². The Kier molecular flexibility index (Phi) is 14.5. The number of anilines is 6. The van der Waals surface area contributed by atoms with Gasteiger partial charge in [0, 0.05) is 51.9 Å². The molecule has 1 aliphatic rings. The van der Waals surface area contributed by atoms with E-state index in [1.54, 1.807) is 49.4 Å². The highest BCUT2D eigenvalue weighted by molar-refractivity contribution is 6.03. The minimum atomic E-state index is -0.577. The van der Waals surface area contributed by atoms with Crippen molar-refractivity contribution in [1.29, 1.82) is 0 Å². The van der Waals surface area contributed by atoms with Gasteiger partial charge in [-0.3, -0.25) is 16.0 Å². The molecular weight excluding hydrogens is 898 g/mol. The number of carbonyl (C=O) groups excluding carboxylic acids is 3. The SMILES string of the molecule is CC(C)(C)c1cc(NC(=O)Nc2ccc3c(c2)OCO3)no1.CC(C)(C)c1cc(NC(=O)Nc2ccc3cc4ccccc4cc3c2)no1.Cc1ccc(NC(=O)Nc2cc(C(C)(C)C)on2)c(F)c1. The molecule has 4 heterocycles. The van der Waals surface area contributed by atoms with Crippen LogP contribution in [-0.4, -0.2) is 40.4 Å². The lowest BCUT2D eigenvalue weighted by atomic mass is 9.93. The summed E-state index contributed by atoms with van der Waals surface area (Å²) < 4.78 is 39.8. The van der Waals surface area contributed by atoms with Crippen LogP contribution < -0.4 is 41.4 Å². The van der Waals surface area contributed by atoms with Crippen molar-refractivity contribution in [3.05, 3.63) is 138 Å². The molecule has 0 bridgehead atoms. The van der Waals surface area contributed by atoms with Gasteiger partial charge in [0.05, 0.1) is 5.69 Å². The molecule has 0 saturated heterocycles. The van der Waals surface area contributed by atoms with Crippen LogP contribution in [-0.2, 0) is 16.2 Å². The maximum Gasteiger partial charge on any atom is 0.325 e. The number of rotatable bonds is 6. The van der Waals surface area contributed by atoms with Crippen LogP contribution >= 0.6 is 0 Å². The van der Waals surface area contributed by atoms with Gasteiger partial charge < -0.3 is 39.0 Å². The van der Waals surface area contributed by atoms with E-state index >= 15 is 0 Å². The van der Waals surface area contributed by atoms with Crippen molar-refractivity contribution in [3.8, 4) is 11.5 Å². The molecular formula is C52H56FN9O8. The number of aryl methyl sites for hydroxylation is 1. The highest BCUT2D eigenvalue weighted by Crippen LogP contribution is 2.35. The van der Waals surface area contributed by atoms with Crippen LogP contribution in [0.3, 0.4) is 0 Å². The van der Waals surface area contributed by atoms with E-state index in [0.717, 1.165) is 27.8 Å². The summed E-state index contributed by atoms with van der Waals surface area (Å²) >= 11 is 0. The van der Waals surface area contributed by atoms with Crippen LogP contribution in [0.5, 0.6) is 11.5 Å². The van der Waals surface area contributed by atoms with E-state index < -0.39 is 17.9 Å². The van der Waals surface area contributed by atoms with Gasteiger partial charge >= 0.3 is 18.1 Å². The predicted octanol–water partition coefficient (Wildman–Crippen LogP) is 13.3. The first-order valence-corrected chi connectivity index (χ1v) is 22.3. The second-order valence-electron chi connectivity index (χ2n) is 19.5. The van der Waals surface area contributed by atoms with Gasteiger partial charge in [-0.15, -0.1) is 0 Å². The van der Waals surface area contributed by atoms with Crippen molar-refractivity contribution in [2.24, 2.45) is 0 Å². The van der Waals surface area contributed by atoms with Crippen LogP contribution in [0.4, 0.5) is 53.3 Å². The minimum Gasteiger partial charge on any atom is -0.454 e. The van der Waals surface area contributed by atoms with Gasteiger partial charge in [0.2, 0.25) is 6.79 Å². The maximum absolute atomic E-state index is 13.6. The van der Waals surface area contributed by atoms with E-state index in [0.29, 0.717) is 40.3 Å². The van der Waals surface area contributed by atoms with Crippen LogP contribution in [0.15, 0.2) is 123 Å². The number of fused-ring (bicyclic) bond motifs is 3. The van der Waals surface area contributed by atoms with Gasteiger partial charge in [-0.1, -0.05) is 114 Å². The minimum absolute atomic E-state index is 0.109. The molecule has 9 rings (SSSR count). The van der Waals surface area contributed by atoms with E-state index in [1.807, 2.05) is 92.6 Å². The second kappa shape index (κ2) is 20.4. The van der Waals surface area contributed by atoms with Crippen molar-refractivity contribution in [1.82, 2.24) is 15.5 Å². The van der Waals surface area contributed by atoms with Crippen molar-refractivity contribution in [2.75, 3.05) is 38.7 Å². The van der Waals surface area contributed by atoms with Crippen molar-refractivity contribution in [3.63, 3.8) is 0 Å². The van der Waals surface area contributed by atoms with E-state index in [-0.39, 0.29) is 40.6 Å². The summed E-state index contributed by atoms with van der Waals surface area (Å²) in [7, 11) is 0. The Balaban J connectivity index is 0.000000156. The van der Waals surface area contributed by atoms with E-state index in [9.17, 15) is 18.8 Å². The number of urea groups is 3. The summed E-state index contributed by atoms with van der Waals surface area (Å²) in [6.45, 7) is 20.0. The summed E-state index contributed by atoms with van der Waals surface area (Å²) in [6, 6.07) is 31.9. The Morgan fingerprint density at radius 1 is 0.471 bits per heavy atom. The van der Waals surface area contributed by atoms with Crippen LogP contribution in [0.2, 0.25) is 0 Å². The first-order chi connectivity index (χ1) is 33.0. The monoisotopic (exact) mass is 953 g/mol. The zero-order chi connectivity index (χ0) is 50.4. The highest BCUT2D eigenvalue weighted by atomic mass is 19.1. The Bertz CT molecular complexity index is 3160. The average molecular weight is 954 g/mol. The first-order valence-electron chi connectivity index (χ1n) is 22.3. The molecule has 3 aromatic heterocycles. The van der Waals surface area contributed by atoms with Crippen molar-refractivity contribution >= 4 is 74.2 Å². The maximum atomic E-state index is 13.6. The molecule has 0 aliphatic carbocycles. The number of hydrogen-bond acceptors (Lipinski definition) is 11. The second-order valence-corrected chi connectivity index (χ2v) is 19.5. The number of hydrogen-bond donors (Lipinski definition) is 6. The fraction of sp³-hybridized carbons (Fsp3) is 0.269. The number of nitrogens with one attached hydrogen (secondary N) is 6. The molecule has 0 radical (unpaired) electrons. The lowest BCUT2D eigenvalue weighted by molar-refractivity contribution is 0.174. The van der Waals surface area contributed by atoms with E-state index in [4.69, 9.17) is 23.0 Å². The predicted molar refractivity (Wildman–Crippen MR) is 269 cm³/mol. The molecule has 0 unspecified atom stereocenters. The molecule has 0 atom stereocenters. The third-order valence-electron chi connectivity index (χ3n) is 10.4. The Morgan fingerprint density at radius 2 is 0.914 bits per heavy atom.